The van der Waals surface area contributed by atoms with Crippen LogP contribution < -0.4 is 5.73 Å². The van der Waals surface area contributed by atoms with E-state index in [9.17, 15) is 14.7 Å². The summed E-state index contributed by atoms with van der Waals surface area (Å²) in [6, 6.07) is 0. The van der Waals surface area contributed by atoms with E-state index < -0.39 is 23.4 Å². The van der Waals surface area contributed by atoms with E-state index in [1.54, 1.807) is 0 Å². The Morgan fingerprint density at radius 2 is 2.00 bits per heavy atom. The van der Waals surface area contributed by atoms with Crippen LogP contribution in [0.1, 0.15) is 20.3 Å². The Morgan fingerprint density at radius 3 is 2.40 bits per heavy atom. The number of hydrogen-bond acceptors (Lipinski definition) is 5. The van der Waals surface area contributed by atoms with Crippen LogP contribution in [0.2, 0.25) is 0 Å². The standard InChI is InChI=1S/C9H17NO5/c1-9(2,5-11)7(13)8(14)15-4-3-6(10)12/h7,11,13H,3-5H2,1-2H3,(H2,10,12)/t7-/m0/s1. The Bertz CT molecular complexity index is 239. The molecule has 6 heteroatoms. The van der Waals surface area contributed by atoms with E-state index >= 15 is 0 Å². The number of aliphatic hydroxyl groups is 2. The van der Waals surface area contributed by atoms with Crippen LogP contribution in [-0.2, 0) is 14.3 Å². The molecule has 6 nitrogen and oxygen atoms in total. The van der Waals surface area contributed by atoms with E-state index in [-0.39, 0.29) is 19.6 Å². The molecule has 0 rings (SSSR count). The van der Waals surface area contributed by atoms with Gasteiger partial charge in [0, 0.05) is 5.41 Å². The van der Waals surface area contributed by atoms with Gasteiger partial charge in [-0.2, -0.15) is 0 Å². The van der Waals surface area contributed by atoms with Gasteiger partial charge in [0.1, 0.15) is 6.61 Å². The number of primary amides is 1. The Hall–Kier alpha value is -1.14. The highest BCUT2D eigenvalue weighted by atomic mass is 16.5. The molecule has 88 valence electrons. The lowest BCUT2D eigenvalue weighted by atomic mass is 9.88. The third-order valence-electron chi connectivity index (χ3n) is 1.96. The van der Waals surface area contributed by atoms with E-state index in [0.29, 0.717) is 0 Å². The van der Waals surface area contributed by atoms with Gasteiger partial charge in [-0.3, -0.25) is 4.79 Å². The van der Waals surface area contributed by atoms with E-state index in [0.717, 1.165) is 0 Å². The van der Waals surface area contributed by atoms with Gasteiger partial charge >= 0.3 is 5.97 Å². The first kappa shape index (κ1) is 13.9. The Balaban J connectivity index is 4.05. The number of rotatable bonds is 6. The minimum atomic E-state index is -1.42. The molecule has 0 heterocycles. The fourth-order valence-corrected chi connectivity index (χ4v) is 0.737. The van der Waals surface area contributed by atoms with Crippen molar-refractivity contribution < 1.29 is 24.5 Å². The van der Waals surface area contributed by atoms with Crippen molar-refractivity contribution in [2.24, 2.45) is 11.1 Å². The highest BCUT2D eigenvalue weighted by Gasteiger charge is 2.34. The van der Waals surface area contributed by atoms with Gasteiger partial charge in [-0.1, -0.05) is 13.8 Å². The highest BCUT2D eigenvalue weighted by molar-refractivity contribution is 5.77. The molecule has 0 aromatic heterocycles. The third-order valence-corrected chi connectivity index (χ3v) is 1.96. The topological polar surface area (TPSA) is 110 Å². The van der Waals surface area contributed by atoms with Crippen molar-refractivity contribution in [1.82, 2.24) is 0 Å². The second kappa shape index (κ2) is 5.67. The molecule has 0 aromatic carbocycles. The van der Waals surface area contributed by atoms with Gasteiger partial charge < -0.3 is 20.7 Å². The van der Waals surface area contributed by atoms with Crippen LogP contribution in [0, 0.1) is 5.41 Å². The van der Waals surface area contributed by atoms with E-state index in [1.165, 1.54) is 13.8 Å². The normalized spacial score (nSPS) is 13.3. The summed E-state index contributed by atoms with van der Waals surface area (Å²) in [5, 5.41) is 18.3. The van der Waals surface area contributed by atoms with Gasteiger partial charge in [0.25, 0.3) is 0 Å². The van der Waals surface area contributed by atoms with E-state index in [2.05, 4.69) is 4.74 Å². The summed E-state index contributed by atoms with van der Waals surface area (Å²) in [5.74, 6) is -1.45. The lowest BCUT2D eigenvalue weighted by Crippen LogP contribution is -2.40. The number of carbonyl (C=O) groups is 2. The van der Waals surface area contributed by atoms with Crippen LogP contribution >= 0.6 is 0 Å². The molecule has 0 bridgehead atoms. The maximum absolute atomic E-state index is 11.2. The van der Waals surface area contributed by atoms with Crippen LogP contribution in [0.25, 0.3) is 0 Å². The van der Waals surface area contributed by atoms with Gasteiger partial charge in [-0.25, -0.2) is 4.79 Å². The third kappa shape index (κ3) is 4.75. The first-order valence-electron chi connectivity index (χ1n) is 4.55. The van der Waals surface area contributed by atoms with Gasteiger partial charge in [0.15, 0.2) is 6.10 Å². The maximum Gasteiger partial charge on any atom is 0.335 e. The first-order chi connectivity index (χ1) is 6.81. The summed E-state index contributed by atoms with van der Waals surface area (Å²) in [7, 11) is 0. The maximum atomic E-state index is 11.2. The molecular formula is C9H17NO5. The summed E-state index contributed by atoms with van der Waals surface area (Å²) in [6.07, 6.45) is -1.51. The zero-order valence-electron chi connectivity index (χ0n) is 8.90. The average Bonchev–Trinajstić information content (AvgIpc) is 2.15. The van der Waals surface area contributed by atoms with Gasteiger partial charge in [-0.05, 0) is 0 Å². The molecule has 1 amide bonds. The zero-order valence-corrected chi connectivity index (χ0v) is 8.90. The average molecular weight is 219 g/mol. The molecule has 0 aromatic rings. The summed E-state index contributed by atoms with van der Waals surface area (Å²) >= 11 is 0. The van der Waals surface area contributed by atoms with Crippen LogP contribution in [0.3, 0.4) is 0 Å². The molecule has 1 atom stereocenters. The van der Waals surface area contributed by atoms with Crippen LogP contribution in [-0.4, -0.2) is 41.4 Å². The molecule has 0 saturated heterocycles. The fourth-order valence-electron chi connectivity index (χ4n) is 0.737. The predicted molar refractivity (Wildman–Crippen MR) is 51.6 cm³/mol. The summed E-state index contributed by atoms with van der Waals surface area (Å²) in [4.78, 5) is 21.5. The smallest absolute Gasteiger partial charge is 0.335 e. The van der Waals surface area contributed by atoms with Gasteiger partial charge in [0.05, 0.1) is 13.0 Å². The van der Waals surface area contributed by atoms with Crippen LogP contribution in [0.15, 0.2) is 0 Å². The molecule has 0 spiro atoms. The SMILES string of the molecule is CC(C)(CO)[C@@H](O)C(=O)OCCC(N)=O. The monoisotopic (exact) mass is 219 g/mol. The van der Waals surface area contributed by atoms with Crippen LogP contribution in [0.4, 0.5) is 0 Å². The minimum Gasteiger partial charge on any atom is -0.463 e. The number of esters is 1. The Labute approximate surface area is 88.0 Å². The van der Waals surface area contributed by atoms with Crippen LogP contribution in [0.5, 0.6) is 0 Å². The minimum absolute atomic E-state index is 0.0853. The van der Waals surface area contributed by atoms with Crippen molar-refractivity contribution in [3.8, 4) is 0 Å². The molecule has 0 saturated carbocycles. The van der Waals surface area contributed by atoms with E-state index in [4.69, 9.17) is 10.8 Å². The fraction of sp³-hybridized carbons (Fsp3) is 0.778. The second-order valence-electron chi connectivity index (χ2n) is 3.93. The van der Waals surface area contributed by atoms with Crippen molar-refractivity contribution in [3.63, 3.8) is 0 Å². The number of aliphatic hydroxyl groups excluding tert-OH is 2. The second-order valence-corrected chi connectivity index (χ2v) is 3.93. The van der Waals surface area contributed by atoms with Gasteiger partial charge in [0.2, 0.25) is 5.91 Å². The van der Waals surface area contributed by atoms with Gasteiger partial charge in [-0.15, -0.1) is 0 Å². The number of ether oxygens (including phenoxy) is 1. The number of amides is 1. The summed E-state index contributed by atoms with van der Waals surface area (Å²) in [5.41, 5.74) is 3.87. The molecule has 0 aliphatic carbocycles. The molecule has 4 N–H and O–H groups in total. The highest BCUT2D eigenvalue weighted by Crippen LogP contribution is 2.20. The van der Waals surface area contributed by atoms with Crippen molar-refractivity contribution in [2.75, 3.05) is 13.2 Å². The van der Waals surface area contributed by atoms with Crippen molar-refractivity contribution >= 4 is 11.9 Å². The first-order valence-corrected chi connectivity index (χ1v) is 4.55. The molecule has 0 aliphatic rings. The lowest BCUT2D eigenvalue weighted by molar-refractivity contribution is -0.162. The quantitative estimate of drug-likeness (QED) is 0.485. The molecule has 0 unspecified atom stereocenters. The van der Waals surface area contributed by atoms with Crippen molar-refractivity contribution in [3.05, 3.63) is 0 Å². The molecule has 15 heavy (non-hydrogen) atoms. The Morgan fingerprint density at radius 1 is 1.47 bits per heavy atom. The number of hydrogen-bond donors (Lipinski definition) is 3. The number of carbonyl (C=O) groups excluding carboxylic acids is 2. The molecule has 0 radical (unpaired) electrons. The summed E-state index contributed by atoms with van der Waals surface area (Å²) in [6.45, 7) is 2.53. The largest absolute Gasteiger partial charge is 0.463 e. The lowest BCUT2D eigenvalue weighted by Gasteiger charge is -2.26. The molecule has 0 aliphatic heterocycles. The zero-order chi connectivity index (χ0) is 12.1. The van der Waals surface area contributed by atoms with Crippen molar-refractivity contribution in [2.45, 2.75) is 26.4 Å². The van der Waals surface area contributed by atoms with Crippen molar-refractivity contribution in [1.29, 1.82) is 0 Å². The predicted octanol–water partition coefficient (Wildman–Crippen LogP) is -1.22. The number of nitrogens with two attached hydrogens (primary N) is 1. The van der Waals surface area contributed by atoms with E-state index in [1.807, 2.05) is 0 Å². The Kier molecular flexibility index (Phi) is 5.24. The molecule has 0 fully saturated rings. The summed E-state index contributed by atoms with van der Waals surface area (Å²) < 4.78 is 4.60. The molecular weight excluding hydrogens is 202 g/mol.